The maximum atomic E-state index is 9.84. The molecule has 2 aliphatic rings. The third-order valence-corrected chi connectivity index (χ3v) is 4.04. The lowest BCUT2D eigenvalue weighted by Gasteiger charge is -2.38. The number of halogens is 1. The number of rotatable bonds is 1. The summed E-state index contributed by atoms with van der Waals surface area (Å²) in [6, 6.07) is -0.317. The summed E-state index contributed by atoms with van der Waals surface area (Å²) >= 11 is 7.05. The highest BCUT2D eigenvalue weighted by atomic mass is 35.5. The van der Waals surface area contributed by atoms with Gasteiger partial charge in [0, 0.05) is 7.05 Å². The number of aliphatic hydroxyl groups is 2. The number of nitrogens with zero attached hydrogens (tertiary/aromatic N) is 1. The van der Waals surface area contributed by atoms with Crippen LogP contribution in [0.25, 0.3) is 0 Å². The fourth-order valence-corrected chi connectivity index (χ4v) is 3.08. The molecule has 0 radical (unpaired) electrons. The first-order valence-corrected chi connectivity index (χ1v) is 6.06. The van der Waals surface area contributed by atoms with Crippen molar-refractivity contribution < 1.29 is 14.9 Å². The summed E-state index contributed by atoms with van der Waals surface area (Å²) in [5, 5.41) is 23.3. The summed E-state index contributed by atoms with van der Waals surface area (Å²) in [6.45, 7) is 0. The SMILES string of the molecule is CN=C1N[C@@H]2[C@@H](O)[C@H](O)[C@@H](CCl)O[C@@H]2S1. The second-order valence-electron chi connectivity index (χ2n) is 3.50. The van der Waals surface area contributed by atoms with Gasteiger partial charge < -0.3 is 20.3 Å². The van der Waals surface area contributed by atoms with E-state index in [0.717, 1.165) is 0 Å². The van der Waals surface area contributed by atoms with Crippen LogP contribution in [-0.4, -0.2) is 58.1 Å². The number of thioether (sulfide) groups is 1. The first-order chi connectivity index (χ1) is 7.17. The number of ether oxygens (including phenoxy) is 1. The molecule has 2 fully saturated rings. The molecule has 7 heteroatoms. The fourth-order valence-electron chi connectivity index (χ4n) is 1.72. The third kappa shape index (κ3) is 1.97. The summed E-state index contributed by atoms with van der Waals surface area (Å²) in [5.41, 5.74) is -0.231. The molecule has 0 aromatic heterocycles. The number of fused-ring (bicyclic) bond motifs is 1. The van der Waals surface area contributed by atoms with Crippen LogP contribution in [0.15, 0.2) is 4.99 Å². The van der Waals surface area contributed by atoms with Crippen LogP contribution in [0.5, 0.6) is 0 Å². The Labute approximate surface area is 96.9 Å². The lowest BCUT2D eigenvalue weighted by molar-refractivity contribution is -0.147. The van der Waals surface area contributed by atoms with E-state index >= 15 is 0 Å². The molecule has 5 nitrogen and oxygen atoms in total. The normalized spacial score (nSPS) is 47.7. The number of aliphatic imine (C=N–C) groups is 1. The Bertz CT molecular complexity index is 279. The van der Waals surface area contributed by atoms with Gasteiger partial charge in [-0.25, -0.2) is 0 Å². The highest BCUT2D eigenvalue weighted by molar-refractivity contribution is 8.14. The van der Waals surface area contributed by atoms with Gasteiger partial charge >= 0.3 is 0 Å². The third-order valence-electron chi connectivity index (χ3n) is 2.57. The fraction of sp³-hybridized carbons (Fsp3) is 0.875. The van der Waals surface area contributed by atoms with Gasteiger partial charge in [0.1, 0.15) is 23.7 Å². The quantitative estimate of drug-likeness (QED) is 0.542. The molecular weight excluding hydrogens is 240 g/mol. The molecule has 5 atom stereocenters. The van der Waals surface area contributed by atoms with Gasteiger partial charge in [0.15, 0.2) is 5.17 Å². The highest BCUT2D eigenvalue weighted by Crippen LogP contribution is 2.33. The molecule has 0 aliphatic carbocycles. The van der Waals surface area contributed by atoms with E-state index in [1.54, 1.807) is 7.05 Å². The van der Waals surface area contributed by atoms with Crippen molar-refractivity contribution in [1.29, 1.82) is 0 Å². The maximum Gasteiger partial charge on any atom is 0.159 e. The number of hydrogen-bond donors (Lipinski definition) is 3. The molecule has 0 saturated carbocycles. The highest BCUT2D eigenvalue weighted by Gasteiger charge is 2.48. The zero-order valence-electron chi connectivity index (χ0n) is 8.13. The molecule has 2 saturated heterocycles. The van der Waals surface area contributed by atoms with Crippen molar-refractivity contribution in [2.24, 2.45) is 4.99 Å². The predicted molar refractivity (Wildman–Crippen MR) is 59.3 cm³/mol. The van der Waals surface area contributed by atoms with Crippen molar-refractivity contribution in [2.75, 3.05) is 12.9 Å². The van der Waals surface area contributed by atoms with Gasteiger partial charge in [0.25, 0.3) is 0 Å². The molecule has 0 bridgehead atoms. The van der Waals surface area contributed by atoms with Gasteiger partial charge in [0.05, 0.1) is 11.9 Å². The standard InChI is InChI=1S/C8H13ClN2O3S/c1-10-8-11-4-6(13)5(12)3(2-9)14-7(4)15-8/h3-7,12-13H,2H2,1H3,(H,10,11)/t3-,4-,5-,6-,7-/m1/s1. The van der Waals surface area contributed by atoms with Crippen LogP contribution < -0.4 is 5.32 Å². The molecule has 0 unspecified atom stereocenters. The summed E-state index contributed by atoms with van der Waals surface area (Å²) < 4.78 is 5.55. The monoisotopic (exact) mass is 252 g/mol. The van der Waals surface area contributed by atoms with Gasteiger partial charge in [-0.1, -0.05) is 11.8 Å². The second-order valence-corrected chi connectivity index (χ2v) is 4.89. The summed E-state index contributed by atoms with van der Waals surface area (Å²) in [5.74, 6) is 0.167. The smallest absolute Gasteiger partial charge is 0.159 e. The number of aliphatic hydroxyl groups excluding tert-OH is 2. The Kier molecular flexibility index (Phi) is 3.42. The molecule has 86 valence electrons. The summed E-state index contributed by atoms with van der Waals surface area (Å²) in [6.07, 6.45) is -2.35. The van der Waals surface area contributed by atoms with E-state index in [1.807, 2.05) is 0 Å². The van der Waals surface area contributed by atoms with Crippen molar-refractivity contribution in [3.05, 3.63) is 0 Å². The molecule has 0 aromatic carbocycles. The van der Waals surface area contributed by atoms with Crippen LogP contribution in [0, 0.1) is 0 Å². The van der Waals surface area contributed by atoms with Gasteiger partial charge in [-0.05, 0) is 0 Å². The predicted octanol–water partition coefficient (Wildman–Crippen LogP) is -0.637. The van der Waals surface area contributed by atoms with Gasteiger partial charge in [-0.15, -0.1) is 11.6 Å². The molecule has 3 N–H and O–H groups in total. The summed E-state index contributed by atoms with van der Waals surface area (Å²) in [7, 11) is 1.66. The largest absolute Gasteiger partial charge is 0.388 e. The van der Waals surface area contributed by atoms with E-state index in [1.165, 1.54) is 11.8 Å². The Morgan fingerprint density at radius 2 is 2.27 bits per heavy atom. The summed E-state index contributed by atoms with van der Waals surface area (Å²) in [4.78, 5) is 3.98. The molecular formula is C8H13ClN2O3S. The van der Waals surface area contributed by atoms with Gasteiger partial charge in [-0.2, -0.15) is 0 Å². The van der Waals surface area contributed by atoms with Gasteiger partial charge in [0.2, 0.25) is 0 Å². The van der Waals surface area contributed by atoms with Crippen LogP contribution >= 0.6 is 23.4 Å². The van der Waals surface area contributed by atoms with Crippen molar-refractivity contribution in [3.8, 4) is 0 Å². The van der Waals surface area contributed by atoms with Crippen molar-refractivity contribution in [2.45, 2.75) is 29.8 Å². The number of alkyl halides is 1. The van der Waals surface area contributed by atoms with E-state index < -0.39 is 18.3 Å². The zero-order valence-corrected chi connectivity index (χ0v) is 9.70. The van der Waals surface area contributed by atoms with E-state index in [0.29, 0.717) is 5.17 Å². The van der Waals surface area contributed by atoms with Crippen LogP contribution in [-0.2, 0) is 4.74 Å². The van der Waals surface area contributed by atoms with E-state index in [2.05, 4.69) is 10.3 Å². The Balaban J connectivity index is 2.13. The Morgan fingerprint density at radius 1 is 1.53 bits per heavy atom. The van der Waals surface area contributed by atoms with Crippen molar-refractivity contribution in [1.82, 2.24) is 5.32 Å². The number of amidine groups is 1. The van der Waals surface area contributed by atoms with Gasteiger partial charge in [-0.3, -0.25) is 4.99 Å². The average molecular weight is 253 g/mol. The van der Waals surface area contributed by atoms with Crippen molar-refractivity contribution in [3.63, 3.8) is 0 Å². The first-order valence-electron chi connectivity index (χ1n) is 4.65. The Hall–Kier alpha value is -0.0100. The molecule has 2 aliphatic heterocycles. The second kappa shape index (κ2) is 4.47. The van der Waals surface area contributed by atoms with E-state index in [9.17, 15) is 10.2 Å². The molecule has 2 rings (SSSR count). The zero-order chi connectivity index (χ0) is 11.0. The van der Waals surface area contributed by atoms with E-state index in [4.69, 9.17) is 16.3 Å². The molecule has 0 spiro atoms. The lowest BCUT2D eigenvalue weighted by atomic mass is 9.99. The number of hydrogen-bond acceptors (Lipinski definition) is 5. The van der Waals surface area contributed by atoms with Crippen LogP contribution in [0.4, 0.5) is 0 Å². The van der Waals surface area contributed by atoms with Crippen LogP contribution in [0.1, 0.15) is 0 Å². The van der Waals surface area contributed by atoms with Crippen LogP contribution in [0.3, 0.4) is 0 Å². The van der Waals surface area contributed by atoms with Crippen molar-refractivity contribution >= 4 is 28.5 Å². The lowest BCUT2D eigenvalue weighted by Crippen LogP contribution is -2.59. The molecule has 2 heterocycles. The topological polar surface area (TPSA) is 74.1 Å². The molecule has 0 amide bonds. The number of nitrogens with one attached hydrogen (secondary N) is 1. The molecule has 0 aromatic rings. The average Bonchev–Trinajstić information content (AvgIpc) is 2.66. The maximum absolute atomic E-state index is 9.84. The molecule has 15 heavy (non-hydrogen) atoms. The van der Waals surface area contributed by atoms with Crippen LogP contribution in [0.2, 0.25) is 0 Å². The Morgan fingerprint density at radius 3 is 2.87 bits per heavy atom. The minimum absolute atomic E-state index is 0.167. The van der Waals surface area contributed by atoms with E-state index in [-0.39, 0.29) is 17.4 Å². The minimum atomic E-state index is -0.951. The minimum Gasteiger partial charge on any atom is -0.388 e. The first kappa shape index (κ1) is 11.5.